The lowest BCUT2D eigenvalue weighted by atomic mass is 9.89. The minimum Gasteiger partial charge on any atom is -0.334 e. The second-order valence-electron chi connectivity index (χ2n) is 6.97. The Morgan fingerprint density at radius 3 is 2.90 bits per heavy atom. The first-order valence-corrected chi connectivity index (χ1v) is 11.2. The van der Waals surface area contributed by atoms with Crippen molar-refractivity contribution >= 4 is 45.3 Å². The molecule has 29 heavy (non-hydrogen) atoms. The number of nitrogens with one attached hydrogen (secondary N) is 2. The Balaban J connectivity index is 1.85. The summed E-state index contributed by atoms with van der Waals surface area (Å²) in [4.78, 5) is 43.5. The highest BCUT2D eigenvalue weighted by Gasteiger charge is 2.24. The van der Waals surface area contributed by atoms with E-state index >= 15 is 0 Å². The topological polar surface area (TPSA) is 93.1 Å². The summed E-state index contributed by atoms with van der Waals surface area (Å²) in [5.41, 5.74) is 1.04. The molecule has 1 unspecified atom stereocenters. The van der Waals surface area contributed by atoms with Gasteiger partial charge in [-0.25, -0.2) is 9.78 Å². The molecule has 2 heterocycles. The highest BCUT2D eigenvalue weighted by atomic mass is 32.2. The molecule has 3 rings (SSSR count). The number of rotatable bonds is 7. The van der Waals surface area contributed by atoms with Gasteiger partial charge >= 0.3 is 6.03 Å². The molecule has 0 aliphatic heterocycles. The maximum atomic E-state index is 13.2. The predicted octanol–water partition coefficient (Wildman–Crippen LogP) is 2.87. The molecule has 7 nitrogen and oxygen atoms in total. The van der Waals surface area contributed by atoms with Crippen molar-refractivity contribution < 1.29 is 9.59 Å². The van der Waals surface area contributed by atoms with Crippen molar-refractivity contribution in [3.63, 3.8) is 0 Å². The number of urea groups is 1. The first-order valence-electron chi connectivity index (χ1n) is 9.42. The zero-order valence-corrected chi connectivity index (χ0v) is 18.0. The van der Waals surface area contributed by atoms with Crippen molar-refractivity contribution in [3.05, 3.63) is 46.1 Å². The minimum absolute atomic E-state index is 0.0290. The van der Waals surface area contributed by atoms with E-state index in [1.54, 1.807) is 22.0 Å². The number of hydrogen-bond acceptors (Lipinski definition) is 6. The first kappa shape index (κ1) is 21.3. The van der Waals surface area contributed by atoms with Crippen LogP contribution in [0.25, 0.3) is 10.2 Å². The van der Waals surface area contributed by atoms with Crippen LogP contribution < -0.4 is 16.2 Å². The van der Waals surface area contributed by atoms with Crippen molar-refractivity contribution in [1.82, 2.24) is 20.2 Å². The van der Waals surface area contributed by atoms with Crippen LogP contribution in [0.4, 0.5) is 4.79 Å². The molecule has 2 aromatic rings. The third-order valence-electron chi connectivity index (χ3n) is 4.68. The second-order valence-corrected chi connectivity index (χ2v) is 8.99. The van der Waals surface area contributed by atoms with Gasteiger partial charge < -0.3 is 5.32 Å². The van der Waals surface area contributed by atoms with Crippen LogP contribution in [-0.2, 0) is 24.2 Å². The van der Waals surface area contributed by atoms with Crippen LogP contribution >= 0.6 is 23.1 Å². The fourth-order valence-electron chi connectivity index (χ4n) is 3.31. The number of hydrogen-bond donors (Lipinski definition) is 2. The summed E-state index contributed by atoms with van der Waals surface area (Å²) in [5.74, 6) is 0.115. The van der Waals surface area contributed by atoms with E-state index in [9.17, 15) is 14.4 Å². The summed E-state index contributed by atoms with van der Waals surface area (Å²) in [6.45, 7) is 10.0. The van der Waals surface area contributed by atoms with E-state index in [2.05, 4.69) is 35.7 Å². The Labute approximate surface area is 177 Å². The molecule has 0 bridgehead atoms. The second kappa shape index (κ2) is 9.41. The number of nitrogens with zero attached hydrogens (tertiary/aromatic N) is 2. The van der Waals surface area contributed by atoms with Crippen LogP contribution in [0.1, 0.15) is 23.8 Å². The lowest BCUT2D eigenvalue weighted by Gasteiger charge is -2.17. The third-order valence-corrected chi connectivity index (χ3v) is 6.81. The van der Waals surface area contributed by atoms with Gasteiger partial charge in [-0.15, -0.1) is 24.5 Å². The van der Waals surface area contributed by atoms with Crippen LogP contribution in [-0.4, -0.2) is 33.8 Å². The van der Waals surface area contributed by atoms with Gasteiger partial charge in [-0.1, -0.05) is 30.8 Å². The number of imide groups is 1. The number of carbonyl (C=O) groups is 2. The number of aromatic nitrogens is 2. The normalized spacial score (nSPS) is 15.6. The highest BCUT2D eigenvalue weighted by molar-refractivity contribution is 7.99. The average Bonchev–Trinajstić information content (AvgIpc) is 3.04. The minimum atomic E-state index is -0.581. The van der Waals surface area contributed by atoms with E-state index in [1.807, 2.05) is 0 Å². The van der Waals surface area contributed by atoms with Gasteiger partial charge in [-0.2, -0.15) is 0 Å². The van der Waals surface area contributed by atoms with Gasteiger partial charge in [-0.05, 0) is 30.7 Å². The molecule has 0 saturated carbocycles. The average molecular weight is 433 g/mol. The molecule has 0 fully saturated rings. The summed E-state index contributed by atoms with van der Waals surface area (Å²) in [7, 11) is 0. The molecular formula is C20H24N4O3S2. The molecule has 1 aliphatic carbocycles. The van der Waals surface area contributed by atoms with Gasteiger partial charge in [0, 0.05) is 18.0 Å². The zero-order valence-electron chi connectivity index (χ0n) is 16.3. The fourth-order valence-corrected chi connectivity index (χ4v) is 5.54. The van der Waals surface area contributed by atoms with Gasteiger partial charge in [-0.3, -0.25) is 19.5 Å². The maximum Gasteiger partial charge on any atom is 0.321 e. The molecule has 0 radical (unpaired) electrons. The number of thioether (sulfide) groups is 1. The quantitative estimate of drug-likeness (QED) is 0.399. The number of aryl methyl sites for hydroxylation is 1. The number of allylic oxidation sites excluding steroid dienone is 1. The van der Waals surface area contributed by atoms with Crippen molar-refractivity contribution in [3.8, 4) is 0 Å². The molecule has 1 aliphatic rings. The predicted molar refractivity (Wildman–Crippen MR) is 118 cm³/mol. The highest BCUT2D eigenvalue weighted by Crippen LogP contribution is 2.36. The molecule has 0 saturated heterocycles. The van der Waals surface area contributed by atoms with Gasteiger partial charge in [0.15, 0.2) is 5.16 Å². The SMILES string of the molecule is C=CCNC(=O)NC(=O)CSc1nc2sc3c(c2c(=O)n1CC=C)CCC(C)C3. The third kappa shape index (κ3) is 4.79. The maximum absolute atomic E-state index is 13.2. The van der Waals surface area contributed by atoms with Crippen molar-refractivity contribution in [1.29, 1.82) is 0 Å². The molecule has 1 atom stereocenters. The molecule has 0 spiro atoms. The van der Waals surface area contributed by atoms with E-state index in [4.69, 9.17) is 0 Å². The zero-order chi connectivity index (χ0) is 21.0. The van der Waals surface area contributed by atoms with E-state index in [-0.39, 0.29) is 17.9 Å². The summed E-state index contributed by atoms with van der Waals surface area (Å²) >= 11 is 2.71. The van der Waals surface area contributed by atoms with Crippen LogP contribution in [0.2, 0.25) is 0 Å². The van der Waals surface area contributed by atoms with Crippen molar-refractivity contribution in [2.24, 2.45) is 5.92 Å². The van der Waals surface area contributed by atoms with E-state index in [1.165, 1.54) is 11.0 Å². The summed E-state index contributed by atoms with van der Waals surface area (Å²) < 4.78 is 1.55. The summed E-state index contributed by atoms with van der Waals surface area (Å²) in [6, 6.07) is -0.581. The Hall–Kier alpha value is -2.39. The summed E-state index contributed by atoms with van der Waals surface area (Å²) in [5, 5.41) is 5.88. The molecule has 154 valence electrons. The molecular weight excluding hydrogens is 408 g/mol. The molecule has 9 heteroatoms. The van der Waals surface area contributed by atoms with Gasteiger partial charge in [0.25, 0.3) is 5.56 Å². The van der Waals surface area contributed by atoms with Gasteiger partial charge in [0.2, 0.25) is 5.91 Å². The largest absolute Gasteiger partial charge is 0.334 e. The van der Waals surface area contributed by atoms with Crippen molar-refractivity contribution in [2.45, 2.75) is 37.9 Å². The number of thiophene rings is 1. The van der Waals surface area contributed by atoms with Crippen LogP contribution in [0, 0.1) is 5.92 Å². The van der Waals surface area contributed by atoms with Crippen LogP contribution in [0.15, 0.2) is 35.3 Å². The Bertz CT molecular complexity index is 1020. The van der Waals surface area contributed by atoms with Crippen LogP contribution in [0.5, 0.6) is 0 Å². The van der Waals surface area contributed by atoms with E-state index in [0.29, 0.717) is 23.0 Å². The number of fused-ring (bicyclic) bond motifs is 3. The van der Waals surface area contributed by atoms with Gasteiger partial charge in [0.05, 0.1) is 11.1 Å². The van der Waals surface area contributed by atoms with E-state index < -0.39 is 11.9 Å². The summed E-state index contributed by atoms with van der Waals surface area (Å²) in [6.07, 6.45) is 6.11. The molecule has 0 aromatic carbocycles. The van der Waals surface area contributed by atoms with Crippen LogP contribution in [0.3, 0.4) is 0 Å². The first-order chi connectivity index (χ1) is 13.9. The molecule has 2 aromatic heterocycles. The fraction of sp³-hybridized carbons (Fsp3) is 0.400. The number of amides is 3. The smallest absolute Gasteiger partial charge is 0.321 e. The Kier molecular flexibility index (Phi) is 6.92. The van der Waals surface area contributed by atoms with E-state index in [0.717, 1.165) is 41.4 Å². The monoisotopic (exact) mass is 432 g/mol. The standard InChI is InChI=1S/C20H24N4O3S2/c1-4-8-21-19(27)22-15(25)11-28-20-23-17-16(18(26)24(20)9-5-2)13-7-6-12(3)10-14(13)29-17/h4-5,12H,1-2,6-11H2,3H3,(H2,21,22,25,27). The lowest BCUT2D eigenvalue weighted by Crippen LogP contribution is -2.40. The Morgan fingerprint density at radius 1 is 1.38 bits per heavy atom. The van der Waals surface area contributed by atoms with Gasteiger partial charge in [0.1, 0.15) is 4.83 Å². The lowest BCUT2D eigenvalue weighted by molar-refractivity contribution is -0.117. The Morgan fingerprint density at radius 2 is 2.17 bits per heavy atom. The number of carbonyl (C=O) groups excluding carboxylic acids is 2. The molecule has 2 N–H and O–H groups in total. The molecule has 3 amide bonds. The van der Waals surface area contributed by atoms with Crippen molar-refractivity contribution in [2.75, 3.05) is 12.3 Å².